The molecule has 0 radical (unpaired) electrons. The van der Waals surface area contributed by atoms with Crippen molar-refractivity contribution in [3.8, 4) is 0 Å². The largest absolute Gasteiger partial charge is 0.465 e. The number of thiophene rings is 2. The minimum Gasteiger partial charge on any atom is -0.465 e. The van der Waals surface area contributed by atoms with E-state index in [2.05, 4.69) is 0 Å². The molecular weight excluding hydrogens is 372 g/mol. The fraction of sp³-hybridized carbons (Fsp3) is 0.444. The van der Waals surface area contributed by atoms with Gasteiger partial charge in [-0.1, -0.05) is 12.1 Å². The van der Waals surface area contributed by atoms with E-state index < -0.39 is 17.7 Å². The summed E-state index contributed by atoms with van der Waals surface area (Å²) in [5.41, 5.74) is -0.550. The first-order valence-corrected chi connectivity index (χ1v) is 10.0. The highest BCUT2D eigenvalue weighted by Gasteiger charge is 2.26. The molecule has 2 aromatic rings. The summed E-state index contributed by atoms with van der Waals surface area (Å²) in [6, 6.07) is 7.85. The molecule has 0 fully saturated rings. The van der Waals surface area contributed by atoms with Gasteiger partial charge in [0.2, 0.25) is 0 Å². The zero-order valence-electron chi connectivity index (χ0n) is 15.2. The highest BCUT2D eigenvalue weighted by molar-refractivity contribution is 7.10. The summed E-state index contributed by atoms with van der Waals surface area (Å²) in [6.07, 6.45) is -1.46. The van der Waals surface area contributed by atoms with Crippen LogP contribution in [0.4, 0.5) is 9.59 Å². The van der Waals surface area contributed by atoms with Crippen molar-refractivity contribution >= 4 is 34.9 Å². The highest BCUT2D eigenvalue weighted by Crippen LogP contribution is 2.18. The molecule has 2 aromatic heterocycles. The Kier molecular flexibility index (Phi) is 7.05. The van der Waals surface area contributed by atoms with E-state index in [0.29, 0.717) is 13.1 Å². The van der Waals surface area contributed by atoms with Crippen LogP contribution in [0.25, 0.3) is 0 Å². The van der Waals surface area contributed by atoms with Gasteiger partial charge in [0, 0.05) is 15.3 Å². The molecule has 0 aliphatic rings. The maximum Gasteiger partial charge on any atom is 0.410 e. The molecule has 2 amide bonds. The second-order valence-corrected chi connectivity index (χ2v) is 8.80. The van der Waals surface area contributed by atoms with Gasteiger partial charge in [-0.25, -0.2) is 9.59 Å². The topological polar surface area (TPSA) is 70.1 Å². The first-order chi connectivity index (χ1) is 12.3. The van der Waals surface area contributed by atoms with E-state index in [1.54, 1.807) is 27.6 Å². The normalized spacial score (nSPS) is 11.2. The van der Waals surface area contributed by atoms with Crippen LogP contribution in [0.15, 0.2) is 35.0 Å². The molecule has 0 aliphatic carbocycles. The predicted molar refractivity (Wildman–Crippen MR) is 104 cm³/mol. The van der Waals surface area contributed by atoms with E-state index in [0.717, 1.165) is 9.75 Å². The Bertz CT molecular complexity index is 657. The molecule has 0 aromatic carbocycles. The standard InChI is InChI=1S/C18H24N2O4S2/c1-18(2,3)20(16(21)22)8-9-24-17(23)19(12-14-6-4-10-25-14)13-15-7-5-11-26-15/h4-7,10-11H,8-9,12-13H2,1-3H3,(H,21,22). The molecule has 26 heavy (non-hydrogen) atoms. The SMILES string of the molecule is CC(C)(C)N(CCOC(=O)N(Cc1cccs1)Cc1cccs1)C(=O)O. The van der Waals surface area contributed by atoms with E-state index in [1.807, 2.05) is 55.8 Å². The molecule has 0 spiro atoms. The van der Waals surface area contributed by atoms with Gasteiger partial charge in [0.25, 0.3) is 0 Å². The third-order valence-corrected chi connectivity index (χ3v) is 5.42. The zero-order valence-corrected chi connectivity index (χ0v) is 16.8. The molecule has 0 atom stereocenters. The molecule has 2 rings (SSSR count). The maximum atomic E-state index is 12.5. The van der Waals surface area contributed by atoms with E-state index in [-0.39, 0.29) is 13.2 Å². The Labute approximate surface area is 161 Å². The molecule has 0 aliphatic heterocycles. The Morgan fingerprint density at radius 3 is 2.00 bits per heavy atom. The van der Waals surface area contributed by atoms with Gasteiger partial charge < -0.3 is 14.7 Å². The zero-order chi connectivity index (χ0) is 19.2. The third-order valence-electron chi connectivity index (χ3n) is 3.69. The van der Waals surface area contributed by atoms with E-state index >= 15 is 0 Å². The first kappa shape index (κ1) is 20.3. The Balaban J connectivity index is 1.96. The molecule has 8 heteroatoms. The lowest BCUT2D eigenvalue weighted by Crippen LogP contribution is -2.47. The van der Waals surface area contributed by atoms with E-state index in [9.17, 15) is 14.7 Å². The molecule has 142 valence electrons. The summed E-state index contributed by atoms with van der Waals surface area (Å²) in [4.78, 5) is 28.9. The van der Waals surface area contributed by atoms with Crippen molar-refractivity contribution in [2.45, 2.75) is 39.4 Å². The highest BCUT2D eigenvalue weighted by atomic mass is 32.1. The van der Waals surface area contributed by atoms with Gasteiger partial charge in [-0.2, -0.15) is 0 Å². The summed E-state index contributed by atoms with van der Waals surface area (Å²) in [5, 5.41) is 13.2. The minimum absolute atomic E-state index is 0.0216. The van der Waals surface area contributed by atoms with Crippen molar-refractivity contribution in [2.24, 2.45) is 0 Å². The molecule has 0 saturated carbocycles. The van der Waals surface area contributed by atoms with Crippen LogP contribution < -0.4 is 0 Å². The van der Waals surface area contributed by atoms with Crippen LogP contribution >= 0.6 is 22.7 Å². The molecule has 1 N–H and O–H groups in total. The van der Waals surface area contributed by atoms with Gasteiger partial charge in [-0.15, -0.1) is 22.7 Å². The van der Waals surface area contributed by atoms with Crippen molar-refractivity contribution in [3.05, 3.63) is 44.8 Å². The van der Waals surface area contributed by atoms with Crippen LogP contribution in [0.5, 0.6) is 0 Å². The second kappa shape index (κ2) is 9.05. The van der Waals surface area contributed by atoms with Crippen LogP contribution in [0.3, 0.4) is 0 Å². The fourth-order valence-corrected chi connectivity index (χ4v) is 3.84. The number of rotatable bonds is 7. The molecule has 0 saturated heterocycles. The summed E-state index contributed by atoms with van der Waals surface area (Å²) in [7, 11) is 0. The number of carboxylic acid groups (broad SMARTS) is 1. The van der Waals surface area contributed by atoms with Gasteiger partial charge in [-0.05, 0) is 43.7 Å². The molecule has 0 bridgehead atoms. The number of carbonyl (C=O) groups is 2. The Morgan fingerprint density at radius 1 is 1.08 bits per heavy atom. The average molecular weight is 397 g/mol. The summed E-state index contributed by atoms with van der Waals surface area (Å²) in [6.45, 7) is 6.52. The van der Waals surface area contributed by atoms with Crippen LogP contribution in [-0.2, 0) is 17.8 Å². The lowest BCUT2D eigenvalue weighted by Gasteiger charge is -2.33. The third kappa shape index (κ3) is 6.03. The lowest BCUT2D eigenvalue weighted by molar-refractivity contribution is 0.0615. The Morgan fingerprint density at radius 2 is 1.62 bits per heavy atom. The number of nitrogens with zero attached hydrogens (tertiary/aromatic N) is 2. The monoisotopic (exact) mass is 396 g/mol. The van der Waals surface area contributed by atoms with Gasteiger partial charge in [0.1, 0.15) is 6.61 Å². The number of amides is 2. The smallest absolute Gasteiger partial charge is 0.410 e. The summed E-state index contributed by atoms with van der Waals surface area (Å²) < 4.78 is 5.37. The van der Waals surface area contributed by atoms with Crippen LogP contribution in [0.2, 0.25) is 0 Å². The minimum atomic E-state index is -1.03. The van der Waals surface area contributed by atoms with Crippen LogP contribution in [0, 0.1) is 0 Å². The number of hydrogen-bond donors (Lipinski definition) is 1. The van der Waals surface area contributed by atoms with Crippen molar-refractivity contribution < 1.29 is 19.4 Å². The van der Waals surface area contributed by atoms with Crippen molar-refractivity contribution in [1.82, 2.24) is 9.80 Å². The van der Waals surface area contributed by atoms with Gasteiger partial charge in [-0.3, -0.25) is 4.90 Å². The van der Waals surface area contributed by atoms with E-state index in [4.69, 9.17) is 4.74 Å². The predicted octanol–water partition coefficient (Wildman–Crippen LogP) is 4.73. The van der Waals surface area contributed by atoms with Crippen molar-refractivity contribution in [3.63, 3.8) is 0 Å². The first-order valence-electron chi connectivity index (χ1n) is 8.24. The molecule has 0 unspecified atom stereocenters. The lowest BCUT2D eigenvalue weighted by atomic mass is 10.1. The van der Waals surface area contributed by atoms with E-state index in [1.165, 1.54) is 4.90 Å². The molecule has 6 nitrogen and oxygen atoms in total. The maximum absolute atomic E-state index is 12.5. The Hall–Kier alpha value is -2.06. The second-order valence-electron chi connectivity index (χ2n) is 6.73. The summed E-state index contributed by atoms with van der Waals surface area (Å²) >= 11 is 3.17. The number of ether oxygens (including phenoxy) is 1. The van der Waals surface area contributed by atoms with Crippen LogP contribution in [0.1, 0.15) is 30.5 Å². The number of carbonyl (C=O) groups excluding carboxylic acids is 1. The van der Waals surface area contributed by atoms with Gasteiger partial charge in [0.15, 0.2) is 0 Å². The number of hydrogen-bond acceptors (Lipinski definition) is 5. The molecular formula is C18H24N2O4S2. The van der Waals surface area contributed by atoms with Crippen molar-refractivity contribution in [2.75, 3.05) is 13.2 Å². The average Bonchev–Trinajstić information content (AvgIpc) is 3.22. The van der Waals surface area contributed by atoms with Crippen LogP contribution in [-0.4, -0.2) is 45.8 Å². The summed E-state index contributed by atoms with van der Waals surface area (Å²) in [5.74, 6) is 0. The fourth-order valence-electron chi connectivity index (χ4n) is 2.40. The van der Waals surface area contributed by atoms with Gasteiger partial charge in [0.05, 0.1) is 19.6 Å². The molecule has 2 heterocycles. The van der Waals surface area contributed by atoms with Crippen molar-refractivity contribution in [1.29, 1.82) is 0 Å². The quantitative estimate of drug-likeness (QED) is 0.735. The van der Waals surface area contributed by atoms with Gasteiger partial charge >= 0.3 is 12.2 Å².